The molecule has 2 aromatic rings. The van der Waals surface area contributed by atoms with E-state index in [0.717, 1.165) is 12.1 Å². The largest absolute Gasteiger partial charge is 0.416 e. The first-order valence-corrected chi connectivity index (χ1v) is 13.6. The Labute approximate surface area is 214 Å². The van der Waals surface area contributed by atoms with Crippen molar-refractivity contribution in [1.29, 1.82) is 0 Å². The Kier molecular flexibility index (Phi) is 7.45. The summed E-state index contributed by atoms with van der Waals surface area (Å²) in [4.78, 5) is 15.1. The van der Waals surface area contributed by atoms with Crippen molar-refractivity contribution in [2.45, 2.75) is 62.4 Å². The van der Waals surface area contributed by atoms with Gasteiger partial charge in [-0.05, 0) is 61.1 Å². The smallest absolute Gasteiger partial charge is 0.319 e. The highest BCUT2D eigenvalue weighted by Gasteiger charge is 2.52. The molecule has 6 nitrogen and oxygen atoms in total. The van der Waals surface area contributed by atoms with E-state index in [1.165, 1.54) is 22.5 Å². The third-order valence-corrected chi connectivity index (χ3v) is 8.94. The molecule has 2 aliphatic rings. The Morgan fingerprint density at radius 1 is 1.11 bits per heavy atom. The number of nitrogens with one attached hydrogen (secondary N) is 1. The first-order chi connectivity index (χ1) is 16.8. The SMILES string of the molecule is CC(C)CC1NC2(CCN(S(=O)(=O)c3cccc(Cl)c3)CC2)N(Cc2cccc(C(F)(F)F)c2)C1=O. The summed E-state index contributed by atoms with van der Waals surface area (Å²) in [6.07, 6.45) is -3.29. The zero-order chi connectivity index (χ0) is 26.3. The molecule has 0 aliphatic carbocycles. The van der Waals surface area contributed by atoms with E-state index >= 15 is 0 Å². The average molecular weight is 544 g/mol. The minimum Gasteiger partial charge on any atom is -0.319 e. The molecule has 1 atom stereocenters. The fourth-order valence-corrected chi connectivity index (χ4v) is 6.78. The monoisotopic (exact) mass is 543 g/mol. The lowest BCUT2D eigenvalue weighted by molar-refractivity contribution is -0.137. The van der Waals surface area contributed by atoms with Gasteiger partial charge in [0.2, 0.25) is 15.9 Å². The van der Waals surface area contributed by atoms with E-state index in [4.69, 9.17) is 11.6 Å². The molecule has 2 fully saturated rings. The molecule has 4 rings (SSSR count). The van der Waals surface area contributed by atoms with Crippen LogP contribution in [0.4, 0.5) is 13.2 Å². The van der Waals surface area contributed by atoms with E-state index in [1.807, 2.05) is 13.8 Å². The van der Waals surface area contributed by atoms with Crippen LogP contribution >= 0.6 is 11.6 Å². The summed E-state index contributed by atoms with van der Waals surface area (Å²) < 4.78 is 67.5. The van der Waals surface area contributed by atoms with E-state index in [-0.39, 0.29) is 36.4 Å². The predicted octanol–water partition coefficient (Wildman–Crippen LogP) is 4.89. The van der Waals surface area contributed by atoms with Gasteiger partial charge in [-0.1, -0.05) is 43.6 Å². The minimum atomic E-state index is -4.48. The zero-order valence-corrected chi connectivity index (χ0v) is 21.6. The van der Waals surface area contributed by atoms with Gasteiger partial charge in [-0.3, -0.25) is 10.1 Å². The average Bonchev–Trinajstić information content (AvgIpc) is 3.04. The lowest BCUT2D eigenvalue weighted by Gasteiger charge is -2.44. The van der Waals surface area contributed by atoms with Gasteiger partial charge in [0.25, 0.3) is 0 Å². The van der Waals surface area contributed by atoms with Crippen molar-refractivity contribution in [1.82, 2.24) is 14.5 Å². The van der Waals surface area contributed by atoms with Gasteiger partial charge in [-0.15, -0.1) is 0 Å². The second-order valence-electron chi connectivity index (χ2n) is 9.84. The van der Waals surface area contributed by atoms with E-state index in [1.54, 1.807) is 23.1 Å². The van der Waals surface area contributed by atoms with Crippen molar-refractivity contribution in [3.63, 3.8) is 0 Å². The maximum Gasteiger partial charge on any atom is 0.416 e. The predicted molar refractivity (Wildman–Crippen MR) is 131 cm³/mol. The van der Waals surface area contributed by atoms with E-state index in [9.17, 15) is 26.4 Å². The number of sulfonamides is 1. The number of rotatable bonds is 6. The van der Waals surface area contributed by atoms with Crippen LogP contribution in [-0.4, -0.2) is 48.3 Å². The van der Waals surface area contributed by atoms with E-state index < -0.39 is 33.5 Å². The van der Waals surface area contributed by atoms with Gasteiger partial charge >= 0.3 is 6.18 Å². The summed E-state index contributed by atoms with van der Waals surface area (Å²) in [7, 11) is -3.78. The topological polar surface area (TPSA) is 69.7 Å². The Hall–Kier alpha value is -2.14. The van der Waals surface area contributed by atoms with Crippen molar-refractivity contribution in [2.75, 3.05) is 13.1 Å². The van der Waals surface area contributed by atoms with Gasteiger partial charge in [0.1, 0.15) is 0 Å². The lowest BCUT2D eigenvalue weighted by atomic mass is 9.96. The van der Waals surface area contributed by atoms with Crippen molar-refractivity contribution < 1.29 is 26.4 Å². The first kappa shape index (κ1) is 26.9. The number of benzene rings is 2. The summed E-state index contributed by atoms with van der Waals surface area (Å²) in [6, 6.07) is 10.6. The number of carbonyl (C=O) groups is 1. The third kappa shape index (κ3) is 5.41. The molecule has 1 spiro atoms. The number of nitrogens with zero attached hydrogens (tertiary/aromatic N) is 2. The molecule has 11 heteroatoms. The molecule has 2 aromatic carbocycles. The molecule has 2 heterocycles. The molecule has 2 saturated heterocycles. The molecule has 0 saturated carbocycles. The minimum absolute atomic E-state index is 0.00535. The number of alkyl halides is 3. The number of halogens is 4. The fraction of sp³-hybridized carbons (Fsp3) is 0.480. The summed E-state index contributed by atoms with van der Waals surface area (Å²) in [5.74, 6) is 0.0487. The number of piperidine rings is 1. The molecule has 0 bridgehead atoms. The summed E-state index contributed by atoms with van der Waals surface area (Å²) in [6.45, 7) is 4.31. The van der Waals surface area contributed by atoms with Crippen LogP contribution < -0.4 is 5.32 Å². The van der Waals surface area contributed by atoms with Crippen LogP contribution in [0.5, 0.6) is 0 Å². The number of hydrogen-bond acceptors (Lipinski definition) is 4. The van der Waals surface area contributed by atoms with Gasteiger partial charge in [0, 0.05) is 24.7 Å². The normalized spacial score (nSPS) is 21.0. The van der Waals surface area contributed by atoms with Crippen molar-refractivity contribution in [2.24, 2.45) is 5.92 Å². The molecule has 36 heavy (non-hydrogen) atoms. The highest BCUT2D eigenvalue weighted by atomic mass is 35.5. The van der Waals surface area contributed by atoms with Crippen LogP contribution in [0.2, 0.25) is 5.02 Å². The first-order valence-electron chi connectivity index (χ1n) is 11.8. The van der Waals surface area contributed by atoms with Gasteiger partial charge < -0.3 is 4.90 Å². The number of amides is 1. The Morgan fingerprint density at radius 3 is 2.39 bits per heavy atom. The summed E-state index contributed by atoms with van der Waals surface area (Å²) >= 11 is 5.99. The van der Waals surface area contributed by atoms with E-state index in [2.05, 4.69) is 5.32 Å². The Balaban J connectivity index is 1.59. The van der Waals surface area contributed by atoms with Crippen LogP contribution in [-0.2, 0) is 27.5 Å². The molecule has 1 N–H and O–H groups in total. The molecule has 1 unspecified atom stereocenters. The summed E-state index contributed by atoms with van der Waals surface area (Å²) in [5.41, 5.74) is -1.24. The van der Waals surface area contributed by atoms with Crippen LogP contribution in [0.3, 0.4) is 0 Å². The van der Waals surface area contributed by atoms with Gasteiger partial charge in [-0.2, -0.15) is 17.5 Å². The van der Waals surface area contributed by atoms with Crippen LogP contribution in [0, 0.1) is 5.92 Å². The van der Waals surface area contributed by atoms with Crippen LogP contribution in [0.15, 0.2) is 53.4 Å². The lowest BCUT2D eigenvalue weighted by Crippen LogP contribution is -2.59. The highest BCUT2D eigenvalue weighted by molar-refractivity contribution is 7.89. The molecular formula is C25H29ClF3N3O3S. The molecule has 0 aromatic heterocycles. The zero-order valence-electron chi connectivity index (χ0n) is 20.1. The number of carbonyl (C=O) groups excluding carboxylic acids is 1. The standard InChI is InChI=1S/C25H29ClF3N3O3S/c1-17(2)13-22-23(33)32(16-18-5-3-6-19(14-18)25(27,28)29)24(30-22)9-11-31(12-10-24)36(34,35)21-8-4-7-20(26)15-21/h3-8,14-15,17,22,30H,9-13,16H2,1-2H3. The number of hydrogen-bond donors (Lipinski definition) is 1. The van der Waals surface area contributed by atoms with Crippen LogP contribution in [0.1, 0.15) is 44.2 Å². The van der Waals surface area contributed by atoms with Crippen molar-refractivity contribution in [3.8, 4) is 0 Å². The van der Waals surface area contributed by atoms with Gasteiger partial charge in [0.15, 0.2) is 0 Å². The molecule has 0 radical (unpaired) electrons. The van der Waals surface area contributed by atoms with E-state index in [0.29, 0.717) is 29.8 Å². The molecular weight excluding hydrogens is 515 g/mol. The van der Waals surface area contributed by atoms with Gasteiger partial charge in [-0.25, -0.2) is 8.42 Å². The second kappa shape index (κ2) is 9.96. The molecule has 196 valence electrons. The quantitative estimate of drug-likeness (QED) is 0.563. The third-order valence-electron chi connectivity index (χ3n) is 6.81. The van der Waals surface area contributed by atoms with Crippen molar-refractivity contribution >= 4 is 27.5 Å². The Bertz CT molecular complexity index is 1230. The van der Waals surface area contributed by atoms with Crippen molar-refractivity contribution in [3.05, 3.63) is 64.7 Å². The van der Waals surface area contributed by atoms with Gasteiger partial charge in [0.05, 0.1) is 22.2 Å². The molecule has 1 amide bonds. The second-order valence-corrected chi connectivity index (χ2v) is 12.2. The Morgan fingerprint density at radius 2 is 1.78 bits per heavy atom. The fourth-order valence-electron chi connectivity index (χ4n) is 5.04. The summed E-state index contributed by atoms with van der Waals surface area (Å²) in [5, 5.41) is 3.75. The maximum atomic E-state index is 13.4. The highest BCUT2D eigenvalue weighted by Crippen LogP contribution is 2.37. The maximum absolute atomic E-state index is 13.4. The van der Waals surface area contributed by atoms with Crippen LogP contribution in [0.25, 0.3) is 0 Å². The molecule has 2 aliphatic heterocycles.